The van der Waals surface area contributed by atoms with E-state index in [2.05, 4.69) is 12.2 Å². The third kappa shape index (κ3) is 3.76. The van der Waals surface area contributed by atoms with Crippen molar-refractivity contribution in [1.29, 1.82) is 0 Å². The molecular formula is C11H23NO2S. The van der Waals surface area contributed by atoms with Crippen LogP contribution in [-0.2, 0) is 9.84 Å². The minimum Gasteiger partial charge on any atom is -0.316 e. The molecular weight excluding hydrogens is 210 g/mol. The summed E-state index contributed by atoms with van der Waals surface area (Å²) in [6.07, 6.45) is 5.91. The fraction of sp³-hybridized carbons (Fsp3) is 1.00. The topological polar surface area (TPSA) is 46.2 Å². The zero-order valence-corrected chi connectivity index (χ0v) is 10.6. The van der Waals surface area contributed by atoms with Crippen LogP contribution in [0.1, 0.15) is 45.4 Å². The summed E-state index contributed by atoms with van der Waals surface area (Å²) in [7, 11) is -1.00. The van der Waals surface area contributed by atoms with Gasteiger partial charge in [-0.15, -0.1) is 0 Å². The highest BCUT2D eigenvalue weighted by atomic mass is 32.2. The highest BCUT2D eigenvalue weighted by Gasteiger charge is 2.30. The van der Waals surface area contributed by atoms with Crippen LogP contribution in [-0.4, -0.2) is 32.5 Å². The van der Waals surface area contributed by atoms with Crippen LogP contribution in [0.25, 0.3) is 0 Å². The first-order valence-corrected chi connectivity index (χ1v) is 7.70. The first-order chi connectivity index (χ1) is 7.10. The molecule has 1 rings (SSSR count). The molecule has 0 heterocycles. The zero-order chi connectivity index (χ0) is 11.3. The summed E-state index contributed by atoms with van der Waals surface area (Å²) in [5, 5.41) is 3.05. The molecule has 1 N–H and O–H groups in total. The van der Waals surface area contributed by atoms with E-state index in [1.807, 2.05) is 7.05 Å². The van der Waals surface area contributed by atoms with Gasteiger partial charge >= 0.3 is 0 Å². The third-order valence-corrected chi connectivity index (χ3v) is 5.64. The summed E-state index contributed by atoms with van der Waals surface area (Å²) in [4.78, 5) is 0. The lowest BCUT2D eigenvalue weighted by atomic mass is 10.2. The van der Waals surface area contributed by atoms with E-state index >= 15 is 0 Å². The van der Waals surface area contributed by atoms with Crippen molar-refractivity contribution in [3.05, 3.63) is 0 Å². The van der Waals surface area contributed by atoms with E-state index in [0.29, 0.717) is 5.75 Å². The van der Waals surface area contributed by atoms with Gasteiger partial charge in [-0.3, -0.25) is 0 Å². The predicted molar refractivity (Wildman–Crippen MR) is 63.8 cm³/mol. The Morgan fingerprint density at radius 1 is 1.33 bits per heavy atom. The van der Waals surface area contributed by atoms with Gasteiger partial charge in [-0.25, -0.2) is 8.42 Å². The first-order valence-electron chi connectivity index (χ1n) is 5.99. The maximum atomic E-state index is 12.0. The van der Waals surface area contributed by atoms with Crippen LogP contribution in [0.3, 0.4) is 0 Å². The molecule has 0 saturated heterocycles. The maximum absolute atomic E-state index is 12.0. The lowest BCUT2D eigenvalue weighted by Crippen LogP contribution is -2.36. The maximum Gasteiger partial charge on any atom is 0.154 e. The Morgan fingerprint density at radius 2 is 1.93 bits per heavy atom. The van der Waals surface area contributed by atoms with Crippen LogP contribution >= 0.6 is 0 Å². The predicted octanol–water partition coefficient (Wildman–Crippen LogP) is 1.73. The smallest absolute Gasteiger partial charge is 0.154 e. The molecule has 4 heteroatoms. The summed E-state index contributed by atoms with van der Waals surface area (Å²) >= 11 is 0. The lowest BCUT2D eigenvalue weighted by molar-refractivity contribution is 0.529. The molecule has 0 aromatic heterocycles. The molecule has 1 fully saturated rings. The number of nitrogens with one attached hydrogen (secondary N) is 1. The molecule has 1 atom stereocenters. The quantitative estimate of drug-likeness (QED) is 0.760. The summed E-state index contributed by atoms with van der Waals surface area (Å²) in [6, 6.07) is 0.139. The van der Waals surface area contributed by atoms with Gasteiger partial charge in [-0.1, -0.05) is 26.2 Å². The Hall–Kier alpha value is -0.0900. The number of hydrogen-bond acceptors (Lipinski definition) is 3. The van der Waals surface area contributed by atoms with Gasteiger partial charge in [0.2, 0.25) is 0 Å². The average molecular weight is 233 g/mol. The molecule has 0 spiro atoms. The van der Waals surface area contributed by atoms with Gasteiger partial charge in [0, 0.05) is 6.04 Å². The second kappa shape index (κ2) is 5.85. The summed E-state index contributed by atoms with van der Waals surface area (Å²) in [5.41, 5.74) is 0. The van der Waals surface area contributed by atoms with E-state index in [4.69, 9.17) is 0 Å². The SMILES string of the molecule is CCCC(CS(=O)(=O)C1CCCC1)NC. The molecule has 1 saturated carbocycles. The molecule has 0 amide bonds. The van der Waals surface area contributed by atoms with Crippen LogP contribution in [0.15, 0.2) is 0 Å². The first kappa shape index (κ1) is 13.0. The molecule has 0 aromatic rings. The second-order valence-electron chi connectivity index (χ2n) is 4.51. The molecule has 1 unspecified atom stereocenters. The standard InChI is InChI=1S/C11H23NO2S/c1-3-6-10(12-2)9-15(13,14)11-7-4-5-8-11/h10-12H,3-9H2,1-2H3. The normalized spacial score (nSPS) is 20.7. The van der Waals surface area contributed by atoms with Crippen molar-refractivity contribution in [3.63, 3.8) is 0 Å². The second-order valence-corrected chi connectivity index (χ2v) is 6.84. The van der Waals surface area contributed by atoms with E-state index in [0.717, 1.165) is 38.5 Å². The fourth-order valence-corrected chi connectivity index (χ4v) is 4.54. The molecule has 3 nitrogen and oxygen atoms in total. The van der Waals surface area contributed by atoms with Crippen molar-refractivity contribution in [2.24, 2.45) is 0 Å². The molecule has 0 aromatic carbocycles. The minimum atomic E-state index is -2.86. The minimum absolute atomic E-state index is 0.0507. The van der Waals surface area contributed by atoms with E-state index in [-0.39, 0.29) is 11.3 Å². The molecule has 15 heavy (non-hydrogen) atoms. The average Bonchev–Trinajstić information content (AvgIpc) is 2.70. The molecule has 1 aliphatic carbocycles. The Balaban J connectivity index is 2.53. The Kier molecular flexibility index (Phi) is 5.06. The summed E-state index contributed by atoms with van der Waals surface area (Å²) < 4.78 is 24.1. The Labute approximate surface area is 93.6 Å². The van der Waals surface area contributed by atoms with Gasteiger partial charge in [-0.05, 0) is 26.3 Å². The molecule has 1 aliphatic rings. The van der Waals surface area contributed by atoms with Crippen LogP contribution < -0.4 is 5.32 Å². The van der Waals surface area contributed by atoms with Crippen molar-refractivity contribution in [2.45, 2.75) is 56.7 Å². The molecule has 90 valence electrons. The molecule has 0 bridgehead atoms. The largest absolute Gasteiger partial charge is 0.316 e. The highest BCUT2D eigenvalue weighted by Crippen LogP contribution is 2.25. The number of hydrogen-bond donors (Lipinski definition) is 1. The van der Waals surface area contributed by atoms with Crippen LogP contribution in [0, 0.1) is 0 Å². The van der Waals surface area contributed by atoms with Gasteiger partial charge in [-0.2, -0.15) is 0 Å². The van der Waals surface area contributed by atoms with Gasteiger partial charge < -0.3 is 5.32 Å². The fourth-order valence-electron chi connectivity index (χ4n) is 2.32. The van der Waals surface area contributed by atoms with Crippen molar-refractivity contribution in [1.82, 2.24) is 5.32 Å². The number of rotatable bonds is 6. The lowest BCUT2D eigenvalue weighted by Gasteiger charge is -2.18. The van der Waals surface area contributed by atoms with E-state index in [1.54, 1.807) is 0 Å². The highest BCUT2D eigenvalue weighted by molar-refractivity contribution is 7.92. The van der Waals surface area contributed by atoms with Gasteiger partial charge in [0.25, 0.3) is 0 Å². The monoisotopic (exact) mass is 233 g/mol. The van der Waals surface area contributed by atoms with Crippen LogP contribution in [0.4, 0.5) is 0 Å². The van der Waals surface area contributed by atoms with Crippen LogP contribution in [0.2, 0.25) is 0 Å². The van der Waals surface area contributed by atoms with Gasteiger partial charge in [0.05, 0.1) is 11.0 Å². The van der Waals surface area contributed by atoms with Crippen molar-refractivity contribution in [3.8, 4) is 0 Å². The Morgan fingerprint density at radius 3 is 2.40 bits per heavy atom. The van der Waals surface area contributed by atoms with Gasteiger partial charge in [0.1, 0.15) is 0 Å². The molecule has 0 aliphatic heterocycles. The van der Waals surface area contributed by atoms with E-state index in [9.17, 15) is 8.42 Å². The summed E-state index contributed by atoms with van der Waals surface area (Å²) in [6.45, 7) is 2.09. The molecule has 0 radical (unpaired) electrons. The van der Waals surface area contributed by atoms with Crippen molar-refractivity contribution >= 4 is 9.84 Å². The Bertz CT molecular complexity index is 268. The third-order valence-electron chi connectivity index (χ3n) is 3.29. The number of sulfone groups is 1. The van der Waals surface area contributed by atoms with Crippen molar-refractivity contribution < 1.29 is 8.42 Å². The zero-order valence-electron chi connectivity index (χ0n) is 9.83. The van der Waals surface area contributed by atoms with Gasteiger partial charge in [0.15, 0.2) is 9.84 Å². The van der Waals surface area contributed by atoms with Crippen LogP contribution in [0.5, 0.6) is 0 Å². The van der Waals surface area contributed by atoms with Crippen molar-refractivity contribution in [2.75, 3.05) is 12.8 Å². The van der Waals surface area contributed by atoms with E-state index in [1.165, 1.54) is 0 Å². The van der Waals surface area contributed by atoms with E-state index < -0.39 is 9.84 Å². The summed E-state index contributed by atoms with van der Waals surface area (Å²) in [5.74, 6) is 0.321.